The molecule has 0 spiro atoms. The van der Waals surface area contributed by atoms with Crippen molar-refractivity contribution >= 4 is 28.5 Å². The van der Waals surface area contributed by atoms with E-state index < -0.39 is 0 Å². The predicted molar refractivity (Wildman–Crippen MR) is 105 cm³/mol. The number of nitrogens with one attached hydrogen (secondary N) is 1. The van der Waals surface area contributed by atoms with Crippen LogP contribution in [0.2, 0.25) is 0 Å². The van der Waals surface area contributed by atoms with E-state index in [1.807, 2.05) is 30.0 Å². The Kier molecular flexibility index (Phi) is 5.02. The van der Waals surface area contributed by atoms with Crippen molar-refractivity contribution in [2.45, 2.75) is 30.8 Å². The predicted octanol–water partition coefficient (Wildman–Crippen LogP) is 4.86. The van der Waals surface area contributed by atoms with Gasteiger partial charge in [-0.3, -0.25) is 0 Å². The molecule has 2 aromatic carbocycles. The van der Waals surface area contributed by atoms with Gasteiger partial charge in [0.25, 0.3) is 6.01 Å². The summed E-state index contributed by atoms with van der Waals surface area (Å²) in [5, 5.41) is 0. The molecule has 0 saturated carbocycles. The number of rotatable bonds is 5. The zero-order valence-electron chi connectivity index (χ0n) is 14.7. The average molecular weight is 371 g/mol. The summed E-state index contributed by atoms with van der Waals surface area (Å²) in [6.07, 6.45) is 1.99. The van der Waals surface area contributed by atoms with Crippen molar-refractivity contribution in [3.8, 4) is 6.01 Å². The van der Waals surface area contributed by atoms with Crippen molar-refractivity contribution < 1.29 is 9.13 Å². The molecule has 1 fully saturated rings. The molecule has 1 N–H and O–H groups in total. The first-order valence-corrected chi connectivity index (χ1v) is 9.99. The molecule has 26 heavy (non-hydrogen) atoms. The van der Waals surface area contributed by atoms with Gasteiger partial charge in [0.15, 0.2) is 0 Å². The Morgan fingerprint density at radius 2 is 1.96 bits per heavy atom. The van der Waals surface area contributed by atoms with Crippen LogP contribution in [0.15, 0.2) is 47.4 Å². The number of H-pyrrole nitrogens is 1. The van der Waals surface area contributed by atoms with Gasteiger partial charge >= 0.3 is 0 Å². The second kappa shape index (κ2) is 7.58. The molecular weight excluding hydrogens is 349 g/mol. The van der Waals surface area contributed by atoms with Gasteiger partial charge in [0.1, 0.15) is 11.9 Å². The fourth-order valence-electron chi connectivity index (χ4n) is 3.32. The molecule has 1 aliphatic heterocycles. The second-order valence-corrected chi connectivity index (χ2v) is 7.77. The smallest absolute Gasteiger partial charge is 0.294 e. The fraction of sp³-hybridized carbons (Fsp3) is 0.350. The zero-order chi connectivity index (χ0) is 17.9. The number of aromatic amines is 1. The monoisotopic (exact) mass is 371 g/mol. The topological polar surface area (TPSA) is 41.1 Å². The van der Waals surface area contributed by atoms with Crippen LogP contribution in [0.3, 0.4) is 0 Å². The molecular formula is C20H22FN3OS. The number of fused-ring (bicyclic) bond motifs is 1. The van der Waals surface area contributed by atoms with Crippen LogP contribution in [0.5, 0.6) is 6.01 Å². The summed E-state index contributed by atoms with van der Waals surface area (Å²) < 4.78 is 19.1. The highest BCUT2D eigenvalue weighted by Crippen LogP contribution is 2.26. The number of benzene rings is 2. The number of imidazole rings is 1. The fourth-order valence-corrected chi connectivity index (χ4v) is 4.02. The van der Waals surface area contributed by atoms with Crippen LogP contribution in [-0.2, 0) is 0 Å². The number of halogens is 1. The van der Waals surface area contributed by atoms with Crippen molar-refractivity contribution in [3.05, 3.63) is 48.3 Å². The first-order chi connectivity index (χ1) is 12.7. The minimum absolute atomic E-state index is 0.150. The highest BCUT2D eigenvalue weighted by atomic mass is 32.2. The van der Waals surface area contributed by atoms with Gasteiger partial charge in [-0.05, 0) is 48.2 Å². The first-order valence-electron chi connectivity index (χ1n) is 9.01. The van der Waals surface area contributed by atoms with Crippen LogP contribution in [0, 0.1) is 5.82 Å². The molecule has 3 aromatic rings. The number of hydrogen-bond acceptors (Lipinski definition) is 4. The van der Waals surface area contributed by atoms with E-state index in [2.05, 4.69) is 33.9 Å². The summed E-state index contributed by atoms with van der Waals surface area (Å²) in [6, 6.07) is 13.5. The molecule has 0 atom stereocenters. The van der Waals surface area contributed by atoms with Crippen LogP contribution < -0.4 is 9.64 Å². The maximum Gasteiger partial charge on any atom is 0.294 e. The Labute approximate surface area is 156 Å². The number of anilines is 1. The van der Waals surface area contributed by atoms with Gasteiger partial charge in [0.05, 0.1) is 11.0 Å². The molecule has 136 valence electrons. The Morgan fingerprint density at radius 1 is 1.19 bits per heavy atom. The van der Waals surface area contributed by atoms with E-state index in [0.717, 1.165) is 48.4 Å². The molecule has 1 saturated heterocycles. The van der Waals surface area contributed by atoms with Crippen molar-refractivity contribution in [1.29, 1.82) is 0 Å². The third kappa shape index (κ3) is 3.80. The molecule has 0 aliphatic carbocycles. The lowest BCUT2D eigenvalue weighted by atomic mass is 10.1. The molecule has 0 unspecified atom stereocenters. The number of aromatic nitrogens is 2. The van der Waals surface area contributed by atoms with Crippen molar-refractivity contribution in [2.75, 3.05) is 23.7 Å². The largest absolute Gasteiger partial charge is 0.461 e. The van der Waals surface area contributed by atoms with Crippen molar-refractivity contribution in [1.82, 2.24) is 9.97 Å². The number of thioether (sulfide) groups is 1. The number of hydrogen-bond donors (Lipinski definition) is 1. The molecule has 4 nitrogen and oxygen atoms in total. The molecule has 1 aromatic heterocycles. The Bertz CT molecular complexity index is 872. The average Bonchev–Trinajstić information content (AvgIpc) is 3.05. The minimum Gasteiger partial charge on any atom is -0.461 e. The zero-order valence-corrected chi connectivity index (χ0v) is 15.6. The molecule has 2 heterocycles. The summed E-state index contributed by atoms with van der Waals surface area (Å²) in [7, 11) is 0. The summed E-state index contributed by atoms with van der Waals surface area (Å²) in [4.78, 5) is 11.4. The standard InChI is InChI=1S/C20H22FN3OS/c1-2-26-17-7-8-18-19(13-17)23-20(22-18)25-16-9-11-24(12-10-16)15-5-3-14(21)4-6-15/h3-8,13,16H,2,9-12H2,1H3,(H,22,23). The highest BCUT2D eigenvalue weighted by molar-refractivity contribution is 7.99. The SMILES string of the molecule is CCSc1ccc2nc(OC3CCN(c4ccc(F)cc4)CC3)[nH]c2c1. The summed E-state index contributed by atoms with van der Waals surface area (Å²) in [5.41, 5.74) is 3.01. The summed E-state index contributed by atoms with van der Waals surface area (Å²) in [5.74, 6) is 0.854. The Balaban J connectivity index is 1.38. The Hall–Kier alpha value is -2.21. The van der Waals surface area contributed by atoms with Gasteiger partial charge in [-0.25, -0.2) is 4.39 Å². The van der Waals surface area contributed by atoms with Gasteiger partial charge < -0.3 is 14.6 Å². The quantitative estimate of drug-likeness (QED) is 0.650. The van der Waals surface area contributed by atoms with E-state index in [0.29, 0.717) is 6.01 Å². The van der Waals surface area contributed by atoms with Gasteiger partial charge in [-0.1, -0.05) is 6.92 Å². The molecule has 4 rings (SSSR count). The van der Waals surface area contributed by atoms with E-state index in [9.17, 15) is 4.39 Å². The normalized spacial score (nSPS) is 15.5. The number of nitrogens with zero attached hydrogens (tertiary/aromatic N) is 2. The van der Waals surface area contributed by atoms with Crippen LogP contribution in [-0.4, -0.2) is 34.9 Å². The van der Waals surface area contributed by atoms with Crippen LogP contribution in [0.25, 0.3) is 11.0 Å². The highest BCUT2D eigenvalue weighted by Gasteiger charge is 2.22. The second-order valence-electron chi connectivity index (χ2n) is 6.43. The number of piperidine rings is 1. The third-order valence-corrected chi connectivity index (χ3v) is 5.53. The van der Waals surface area contributed by atoms with Gasteiger partial charge in [-0.15, -0.1) is 11.8 Å². The first kappa shape index (κ1) is 17.2. The summed E-state index contributed by atoms with van der Waals surface area (Å²) in [6.45, 7) is 3.94. The third-order valence-electron chi connectivity index (χ3n) is 4.65. The van der Waals surface area contributed by atoms with E-state index in [-0.39, 0.29) is 11.9 Å². The van der Waals surface area contributed by atoms with Crippen LogP contribution in [0.4, 0.5) is 10.1 Å². The molecule has 1 aliphatic rings. The Morgan fingerprint density at radius 3 is 2.69 bits per heavy atom. The lowest BCUT2D eigenvalue weighted by Crippen LogP contribution is -2.38. The maximum atomic E-state index is 13.1. The van der Waals surface area contributed by atoms with Gasteiger partial charge in [0.2, 0.25) is 0 Å². The lowest BCUT2D eigenvalue weighted by Gasteiger charge is -2.33. The van der Waals surface area contributed by atoms with Gasteiger partial charge in [-0.2, -0.15) is 4.98 Å². The maximum absolute atomic E-state index is 13.1. The van der Waals surface area contributed by atoms with E-state index in [4.69, 9.17) is 4.74 Å². The van der Waals surface area contributed by atoms with Crippen molar-refractivity contribution in [3.63, 3.8) is 0 Å². The van der Waals surface area contributed by atoms with Crippen LogP contribution in [0.1, 0.15) is 19.8 Å². The number of ether oxygens (including phenoxy) is 1. The van der Waals surface area contributed by atoms with Gasteiger partial charge in [0, 0.05) is 36.5 Å². The van der Waals surface area contributed by atoms with E-state index in [1.54, 1.807) is 0 Å². The van der Waals surface area contributed by atoms with Crippen LogP contribution >= 0.6 is 11.8 Å². The molecule has 0 radical (unpaired) electrons. The van der Waals surface area contributed by atoms with E-state index in [1.165, 1.54) is 17.0 Å². The molecule has 0 bridgehead atoms. The molecule has 6 heteroatoms. The van der Waals surface area contributed by atoms with E-state index >= 15 is 0 Å². The summed E-state index contributed by atoms with van der Waals surface area (Å²) >= 11 is 1.82. The lowest BCUT2D eigenvalue weighted by molar-refractivity contribution is 0.158. The minimum atomic E-state index is -0.197. The van der Waals surface area contributed by atoms with Crippen molar-refractivity contribution in [2.24, 2.45) is 0 Å². The molecule has 0 amide bonds.